The minimum absolute atomic E-state index is 0.156. The van der Waals surface area contributed by atoms with Gasteiger partial charge < -0.3 is 15.7 Å². The largest absolute Gasteiger partial charge is 0.481 e. The lowest BCUT2D eigenvalue weighted by atomic mass is 9.95. The van der Waals surface area contributed by atoms with E-state index in [1.807, 2.05) is 0 Å². The smallest absolute Gasteiger partial charge is 0.315 e. The molecule has 0 aromatic rings. The van der Waals surface area contributed by atoms with Crippen LogP contribution in [0.1, 0.15) is 57.8 Å². The Morgan fingerprint density at radius 1 is 0.905 bits per heavy atom. The second kappa shape index (κ2) is 6.24. The van der Waals surface area contributed by atoms with Crippen molar-refractivity contribution in [2.75, 3.05) is 0 Å². The maximum atomic E-state index is 12.3. The van der Waals surface area contributed by atoms with Crippen LogP contribution in [0.2, 0.25) is 0 Å². The van der Waals surface area contributed by atoms with Crippen LogP contribution in [0.4, 0.5) is 4.79 Å². The molecule has 0 radical (unpaired) electrons. The molecule has 0 bridgehead atoms. The molecular weight excluding hydrogens is 268 g/mol. The van der Waals surface area contributed by atoms with Crippen molar-refractivity contribution in [2.24, 2.45) is 17.8 Å². The van der Waals surface area contributed by atoms with Crippen molar-refractivity contribution in [1.82, 2.24) is 10.6 Å². The van der Waals surface area contributed by atoms with Gasteiger partial charge in [-0.15, -0.1) is 0 Å². The number of urea groups is 1. The Balaban J connectivity index is 1.55. The highest BCUT2D eigenvalue weighted by Gasteiger charge is 2.42. The molecule has 3 N–H and O–H groups in total. The lowest BCUT2D eigenvalue weighted by molar-refractivity contribution is -0.142. The molecule has 118 valence electrons. The Morgan fingerprint density at radius 3 is 2.10 bits per heavy atom. The second-order valence-electron chi connectivity index (χ2n) is 7.01. The van der Waals surface area contributed by atoms with Crippen molar-refractivity contribution in [3.8, 4) is 0 Å². The summed E-state index contributed by atoms with van der Waals surface area (Å²) in [5, 5.41) is 15.4. The normalized spacial score (nSPS) is 29.8. The number of carboxylic acid groups (broad SMARTS) is 1. The van der Waals surface area contributed by atoms with Crippen LogP contribution in [0.25, 0.3) is 0 Å². The number of aliphatic carboxylic acids is 1. The third-order valence-corrected chi connectivity index (χ3v) is 5.21. The lowest BCUT2D eigenvalue weighted by Crippen LogP contribution is -2.50. The third kappa shape index (κ3) is 3.89. The maximum absolute atomic E-state index is 12.3. The Morgan fingerprint density at radius 2 is 1.52 bits per heavy atom. The summed E-state index contributed by atoms with van der Waals surface area (Å²) in [7, 11) is 0. The predicted octanol–water partition coefficient (Wildman–Crippen LogP) is 2.51. The summed E-state index contributed by atoms with van der Waals surface area (Å²) in [6.45, 7) is 0. The molecule has 0 aromatic heterocycles. The van der Waals surface area contributed by atoms with Crippen LogP contribution < -0.4 is 10.6 Å². The van der Waals surface area contributed by atoms with Crippen molar-refractivity contribution in [2.45, 2.75) is 69.9 Å². The van der Waals surface area contributed by atoms with E-state index < -0.39 is 11.9 Å². The van der Waals surface area contributed by atoms with E-state index in [0.29, 0.717) is 24.3 Å². The average molecular weight is 294 g/mol. The molecular formula is C16H26N2O3. The lowest BCUT2D eigenvalue weighted by Gasteiger charge is -2.25. The predicted molar refractivity (Wildman–Crippen MR) is 78.9 cm³/mol. The van der Waals surface area contributed by atoms with Crippen LogP contribution in [0, 0.1) is 17.8 Å². The Bertz CT molecular complexity index is 392. The molecule has 0 saturated heterocycles. The van der Waals surface area contributed by atoms with Crippen LogP contribution in [0.3, 0.4) is 0 Å². The van der Waals surface area contributed by atoms with Gasteiger partial charge in [-0.1, -0.05) is 19.3 Å². The molecule has 3 aliphatic rings. The highest BCUT2D eigenvalue weighted by atomic mass is 16.4. The SMILES string of the molecule is O=C(NC1CCCCCC1C(=O)O)NC(C1CC1)C1CC1. The van der Waals surface area contributed by atoms with Crippen LogP contribution in [0.15, 0.2) is 0 Å². The first-order valence-electron chi connectivity index (χ1n) is 8.45. The quantitative estimate of drug-likeness (QED) is 0.682. The number of hydrogen-bond acceptors (Lipinski definition) is 2. The molecule has 21 heavy (non-hydrogen) atoms. The topological polar surface area (TPSA) is 78.4 Å². The molecule has 3 fully saturated rings. The molecule has 3 rings (SSSR count). The number of carboxylic acids is 1. The van der Waals surface area contributed by atoms with E-state index in [1.165, 1.54) is 25.7 Å². The van der Waals surface area contributed by atoms with Gasteiger partial charge >= 0.3 is 12.0 Å². The van der Waals surface area contributed by atoms with Gasteiger partial charge in [-0.3, -0.25) is 4.79 Å². The highest BCUT2D eigenvalue weighted by Crippen LogP contribution is 2.44. The van der Waals surface area contributed by atoms with Crippen molar-refractivity contribution in [3.05, 3.63) is 0 Å². The third-order valence-electron chi connectivity index (χ3n) is 5.21. The van der Waals surface area contributed by atoms with Crippen LogP contribution >= 0.6 is 0 Å². The van der Waals surface area contributed by atoms with E-state index >= 15 is 0 Å². The Hall–Kier alpha value is -1.26. The van der Waals surface area contributed by atoms with Gasteiger partial charge in [0.1, 0.15) is 0 Å². The van der Waals surface area contributed by atoms with Gasteiger partial charge in [0.2, 0.25) is 0 Å². The fourth-order valence-corrected chi connectivity index (χ4v) is 3.67. The highest BCUT2D eigenvalue weighted by molar-refractivity contribution is 5.77. The maximum Gasteiger partial charge on any atom is 0.315 e. The van der Waals surface area contributed by atoms with E-state index in [4.69, 9.17) is 0 Å². The summed E-state index contributed by atoms with van der Waals surface area (Å²) in [6.07, 6.45) is 9.37. The van der Waals surface area contributed by atoms with Crippen molar-refractivity contribution < 1.29 is 14.7 Å². The van der Waals surface area contributed by atoms with E-state index in [9.17, 15) is 14.7 Å². The summed E-state index contributed by atoms with van der Waals surface area (Å²) in [5.41, 5.74) is 0. The van der Waals surface area contributed by atoms with E-state index in [-0.39, 0.29) is 12.1 Å². The number of nitrogens with one attached hydrogen (secondary N) is 2. The van der Waals surface area contributed by atoms with Crippen LogP contribution in [-0.4, -0.2) is 29.2 Å². The molecule has 0 aliphatic heterocycles. The first-order valence-corrected chi connectivity index (χ1v) is 8.45. The number of carbonyl (C=O) groups excluding carboxylic acids is 1. The summed E-state index contributed by atoms with van der Waals surface area (Å²) >= 11 is 0. The summed E-state index contributed by atoms with van der Waals surface area (Å²) < 4.78 is 0. The first kappa shape index (κ1) is 14.7. The van der Waals surface area contributed by atoms with Gasteiger partial charge in [0.25, 0.3) is 0 Å². The standard InChI is InChI=1S/C16H26N2O3/c19-15(20)12-4-2-1-3-5-13(12)17-16(21)18-14(10-6-7-10)11-8-9-11/h10-14H,1-9H2,(H,19,20)(H2,17,18,21). The minimum Gasteiger partial charge on any atom is -0.481 e. The van der Waals surface area contributed by atoms with Gasteiger partial charge in [-0.25, -0.2) is 4.79 Å². The molecule has 2 atom stereocenters. The van der Waals surface area contributed by atoms with Gasteiger partial charge in [0, 0.05) is 12.1 Å². The number of rotatable bonds is 5. The molecule has 3 saturated carbocycles. The summed E-state index contributed by atoms with van der Waals surface area (Å²) in [5.74, 6) is 0.113. The first-order chi connectivity index (χ1) is 10.1. The van der Waals surface area contributed by atoms with Crippen LogP contribution in [0.5, 0.6) is 0 Å². The minimum atomic E-state index is -0.775. The summed E-state index contributed by atoms with van der Waals surface area (Å²) in [4.78, 5) is 23.6. The zero-order valence-electron chi connectivity index (χ0n) is 12.5. The number of amides is 2. The molecule has 0 spiro atoms. The van der Waals surface area contributed by atoms with E-state index in [1.54, 1.807) is 0 Å². The Labute approximate surface area is 125 Å². The average Bonchev–Trinajstić information content (AvgIpc) is 3.31. The monoisotopic (exact) mass is 294 g/mol. The molecule has 3 aliphatic carbocycles. The second-order valence-corrected chi connectivity index (χ2v) is 7.01. The molecule has 5 nitrogen and oxygen atoms in total. The van der Waals surface area contributed by atoms with Gasteiger partial charge in [-0.2, -0.15) is 0 Å². The fraction of sp³-hybridized carbons (Fsp3) is 0.875. The summed E-state index contributed by atoms with van der Waals surface area (Å²) in [6, 6.07) is -0.0555. The van der Waals surface area contributed by atoms with Gasteiger partial charge in [0.15, 0.2) is 0 Å². The Kier molecular flexibility index (Phi) is 4.36. The van der Waals surface area contributed by atoms with Crippen molar-refractivity contribution in [1.29, 1.82) is 0 Å². The number of hydrogen-bond donors (Lipinski definition) is 3. The van der Waals surface area contributed by atoms with Crippen molar-refractivity contribution in [3.63, 3.8) is 0 Å². The molecule has 0 heterocycles. The number of carbonyl (C=O) groups is 2. The molecule has 0 aromatic carbocycles. The van der Waals surface area contributed by atoms with E-state index in [0.717, 1.165) is 25.7 Å². The molecule has 2 unspecified atom stereocenters. The molecule has 5 heteroatoms. The van der Waals surface area contributed by atoms with E-state index in [2.05, 4.69) is 10.6 Å². The van der Waals surface area contributed by atoms with Crippen molar-refractivity contribution >= 4 is 12.0 Å². The van der Waals surface area contributed by atoms with Crippen LogP contribution in [-0.2, 0) is 4.79 Å². The zero-order valence-corrected chi connectivity index (χ0v) is 12.5. The van der Waals surface area contributed by atoms with Gasteiger partial charge in [0.05, 0.1) is 5.92 Å². The van der Waals surface area contributed by atoms with Gasteiger partial charge in [-0.05, 0) is 50.4 Å². The zero-order chi connectivity index (χ0) is 14.8. The fourth-order valence-electron chi connectivity index (χ4n) is 3.67. The molecule has 2 amide bonds.